The number of sulfonamides is 1. The van der Waals surface area contributed by atoms with E-state index < -0.39 is 10.0 Å². The Morgan fingerprint density at radius 2 is 2.24 bits per heavy atom. The third-order valence-electron chi connectivity index (χ3n) is 2.11. The van der Waals surface area contributed by atoms with Crippen LogP contribution in [0.15, 0.2) is 14.1 Å². The number of halogens is 2. The zero-order valence-corrected chi connectivity index (χ0v) is 13.4. The zero-order valence-electron chi connectivity index (χ0n) is 9.44. The van der Waals surface area contributed by atoms with Gasteiger partial charge in [-0.2, -0.15) is 0 Å². The second-order valence-corrected chi connectivity index (χ2v) is 8.41. The molecule has 0 fully saturated rings. The van der Waals surface area contributed by atoms with Gasteiger partial charge in [-0.15, -0.1) is 11.3 Å². The van der Waals surface area contributed by atoms with Crippen molar-refractivity contribution in [3.8, 4) is 0 Å². The van der Waals surface area contributed by atoms with Crippen molar-refractivity contribution in [1.29, 1.82) is 0 Å². The first-order valence-corrected chi connectivity index (χ1v) is 8.22. The second kappa shape index (κ2) is 6.49. The Bertz CT molecular complexity index is 455. The molecule has 0 aliphatic heterocycles. The molecular formula is C9H13BrClNO3S2. The van der Waals surface area contributed by atoms with Gasteiger partial charge in [0.1, 0.15) is 4.21 Å². The Morgan fingerprint density at radius 3 is 2.71 bits per heavy atom. The fourth-order valence-corrected chi connectivity index (χ4v) is 4.98. The minimum atomic E-state index is -3.44. The lowest BCUT2D eigenvalue weighted by Crippen LogP contribution is -2.27. The van der Waals surface area contributed by atoms with E-state index in [4.69, 9.17) is 16.3 Å². The summed E-state index contributed by atoms with van der Waals surface area (Å²) in [6.07, 6.45) is 0.659. The lowest BCUT2D eigenvalue weighted by atomic mass is 10.5. The molecule has 0 saturated carbocycles. The summed E-state index contributed by atoms with van der Waals surface area (Å²) in [6.45, 7) is 0.956. The maximum atomic E-state index is 12.1. The predicted molar refractivity (Wildman–Crippen MR) is 73.3 cm³/mol. The summed E-state index contributed by atoms with van der Waals surface area (Å²) in [5.74, 6) is 0. The minimum Gasteiger partial charge on any atom is -0.385 e. The smallest absolute Gasteiger partial charge is 0.252 e. The molecule has 0 aromatic carbocycles. The molecule has 0 atom stereocenters. The summed E-state index contributed by atoms with van der Waals surface area (Å²) in [4.78, 5) is 0. The fraction of sp³-hybridized carbons (Fsp3) is 0.556. The first-order chi connectivity index (χ1) is 7.89. The summed E-state index contributed by atoms with van der Waals surface area (Å²) in [5, 5.41) is 0.416. The number of ether oxygens (including phenoxy) is 1. The van der Waals surface area contributed by atoms with Crippen LogP contribution < -0.4 is 0 Å². The number of hydrogen-bond donors (Lipinski definition) is 0. The summed E-state index contributed by atoms with van der Waals surface area (Å²) < 4.78 is 31.3. The molecule has 0 amide bonds. The summed E-state index contributed by atoms with van der Waals surface area (Å²) in [5.41, 5.74) is 0. The zero-order chi connectivity index (χ0) is 13.1. The Labute approximate surface area is 119 Å². The standard InChI is InChI=1S/C9H13BrClNO3S2/c1-12(4-3-5-15-2)17(13,14)8-6-7(11)9(10)16-8/h6H,3-5H2,1-2H3. The Balaban J connectivity index is 2.80. The van der Waals surface area contributed by atoms with E-state index in [0.717, 1.165) is 11.3 Å². The highest BCUT2D eigenvalue weighted by atomic mass is 79.9. The van der Waals surface area contributed by atoms with Gasteiger partial charge in [0.2, 0.25) is 0 Å². The van der Waals surface area contributed by atoms with Crippen molar-refractivity contribution >= 4 is 48.9 Å². The van der Waals surface area contributed by atoms with E-state index in [9.17, 15) is 8.42 Å². The second-order valence-electron chi connectivity index (χ2n) is 3.36. The quantitative estimate of drug-likeness (QED) is 0.731. The Morgan fingerprint density at radius 1 is 1.59 bits per heavy atom. The summed E-state index contributed by atoms with van der Waals surface area (Å²) >= 11 is 10.1. The average Bonchev–Trinajstić information content (AvgIpc) is 2.60. The van der Waals surface area contributed by atoms with E-state index in [2.05, 4.69) is 15.9 Å². The third-order valence-corrected chi connectivity index (χ3v) is 6.89. The van der Waals surface area contributed by atoms with Gasteiger partial charge >= 0.3 is 0 Å². The van der Waals surface area contributed by atoms with Gasteiger partial charge in [0.05, 0.1) is 8.81 Å². The highest BCUT2D eigenvalue weighted by molar-refractivity contribution is 9.11. The van der Waals surface area contributed by atoms with Crippen molar-refractivity contribution in [2.45, 2.75) is 10.6 Å². The van der Waals surface area contributed by atoms with Gasteiger partial charge in [-0.3, -0.25) is 0 Å². The molecule has 1 aromatic heterocycles. The van der Waals surface area contributed by atoms with Gasteiger partial charge in [-0.1, -0.05) is 11.6 Å². The van der Waals surface area contributed by atoms with E-state index in [-0.39, 0.29) is 4.21 Å². The molecule has 1 heterocycles. The van der Waals surface area contributed by atoms with Crippen LogP contribution in [-0.4, -0.2) is 40.0 Å². The molecule has 0 spiro atoms. The Hall–Kier alpha value is 0.340. The molecule has 17 heavy (non-hydrogen) atoms. The van der Waals surface area contributed by atoms with Crippen LogP contribution in [0, 0.1) is 0 Å². The minimum absolute atomic E-state index is 0.245. The topological polar surface area (TPSA) is 46.6 Å². The lowest BCUT2D eigenvalue weighted by Gasteiger charge is -2.15. The van der Waals surface area contributed by atoms with Gasteiger partial charge in [-0.05, 0) is 28.4 Å². The van der Waals surface area contributed by atoms with Crippen LogP contribution in [0.25, 0.3) is 0 Å². The molecule has 0 aliphatic carbocycles. The van der Waals surface area contributed by atoms with Crippen LogP contribution in [0.2, 0.25) is 5.02 Å². The lowest BCUT2D eigenvalue weighted by molar-refractivity contribution is 0.189. The highest BCUT2D eigenvalue weighted by Gasteiger charge is 2.23. The van der Waals surface area contributed by atoms with Crippen LogP contribution in [-0.2, 0) is 14.8 Å². The van der Waals surface area contributed by atoms with E-state index in [1.165, 1.54) is 10.4 Å². The Kier molecular flexibility index (Phi) is 5.88. The fourth-order valence-electron chi connectivity index (χ4n) is 1.16. The van der Waals surface area contributed by atoms with E-state index in [1.807, 2.05) is 0 Å². The van der Waals surface area contributed by atoms with Crippen LogP contribution >= 0.6 is 38.9 Å². The summed E-state index contributed by atoms with van der Waals surface area (Å²) in [6, 6.07) is 1.46. The molecule has 0 N–H and O–H groups in total. The first-order valence-electron chi connectivity index (χ1n) is 4.79. The van der Waals surface area contributed by atoms with E-state index >= 15 is 0 Å². The van der Waals surface area contributed by atoms with Crippen molar-refractivity contribution in [2.75, 3.05) is 27.3 Å². The van der Waals surface area contributed by atoms with Gasteiger partial charge in [-0.25, -0.2) is 12.7 Å². The molecule has 0 bridgehead atoms. The molecule has 0 radical (unpaired) electrons. The van der Waals surface area contributed by atoms with Crippen LogP contribution in [0.4, 0.5) is 0 Å². The number of methoxy groups -OCH3 is 1. The van der Waals surface area contributed by atoms with Gasteiger partial charge in [0.15, 0.2) is 0 Å². The average molecular weight is 363 g/mol. The van der Waals surface area contributed by atoms with Crippen LogP contribution in [0.3, 0.4) is 0 Å². The van der Waals surface area contributed by atoms with Gasteiger partial charge in [0, 0.05) is 27.3 Å². The largest absolute Gasteiger partial charge is 0.385 e. The van der Waals surface area contributed by atoms with E-state index in [0.29, 0.717) is 28.4 Å². The molecule has 1 rings (SSSR count). The van der Waals surface area contributed by atoms with Crippen molar-refractivity contribution in [1.82, 2.24) is 4.31 Å². The highest BCUT2D eigenvalue weighted by Crippen LogP contribution is 2.35. The van der Waals surface area contributed by atoms with Crippen molar-refractivity contribution in [3.63, 3.8) is 0 Å². The van der Waals surface area contributed by atoms with Crippen molar-refractivity contribution in [2.24, 2.45) is 0 Å². The van der Waals surface area contributed by atoms with Gasteiger partial charge < -0.3 is 4.74 Å². The van der Waals surface area contributed by atoms with Gasteiger partial charge in [0.25, 0.3) is 10.0 Å². The normalized spacial score (nSPS) is 12.3. The van der Waals surface area contributed by atoms with Crippen LogP contribution in [0.5, 0.6) is 0 Å². The first kappa shape index (κ1) is 15.4. The monoisotopic (exact) mass is 361 g/mol. The molecule has 0 saturated heterocycles. The maximum absolute atomic E-state index is 12.1. The molecule has 8 heteroatoms. The number of nitrogens with zero attached hydrogens (tertiary/aromatic N) is 1. The number of hydrogen-bond acceptors (Lipinski definition) is 4. The van der Waals surface area contributed by atoms with Crippen molar-refractivity contribution < 1.29 is 13.2 Å². The molecular weight excluding hydrogens is 350 g/mol. The maximum Gasteiger partial charge on any atom is 0.252 e. The molecule has 0 aliphatic rings. The predicted octanol–water partition coefficient (Wildman–Crippen LogP) is 2.82. The van der Waals surface area contributed by atoms with Crippen molar-refractivity contribution in [3.05, 3.63) is 14.9 Å². The SMILES string of the molecule is COCCCN(C)S(=O)(=O)c1cc(Cl)c(Br)s1. The summed E-state index contributed by atoms with van der Waals surface area (Å²) in [7, 11) is -0.303. The third kappa shape index (κ3) is 3.90. The molecule has 98 valence electrons. The number of rotatable bonds is 6. The molecule has 1 aromatic rings. The van der Waals surface area contributed by atoms with Crippen LogP contribution in [0.1, 0.15) is 6.42 Å². The number of thiophene rings is 1. The molecule has 0 unspecified atom stereocenters. The molecule has 4 nitrogen and oxygen atoms in total. The van der Waals surface area contributed by atoms with E-state index in [1.54, 1.807) is 14.2 Å².